The van der Waals surface area contributed by atoms with E-state index >= 15 is 0 Å². The molecule has 5 nitrogen and oxygen atoms in total. The second kappa shape index (κ2) is 7.83. The standard InChI is InChI=1S/C20H24N2O3/c1-20(2,3)16-11-9-14(10-12-16)19(23)25-22-18(21)13-15-7-5-6-8-17(15)24-4/h5-12H,13H2,1-4H3,(H2,21,22)/p+1. The highest BCUT2D eigenvalue weighted by Gasteiger charge is 2.16. The number of amidine groups is 1. The number of carbonyl (C=O) groups is 1. The van der Waals surface area contributed by atoms with Crippen molar-refractivity contribution in [3.63, 3.8) is 0 Å². The number of hydrogen-bond acceptors (Lipinski definition) is 3. The number of nitrogens with one attached hydrogen (secondary N) is 1. The van der Waals surface area contributed by atoms with E-state index < -0.39 is 5.97 Å². The van der Waals surface area contributed by atoms with E-state index in [2.05, 4.69) is 25.9 Å². The Kier molecular flexibility index (Phi) is 5.80. The van der Waals surface area contributed by atoms with Crippen molar-refractivity contribution < 1.29 is 19.5 Å². The van der Waals surface area contributed by atoms with Gasteiger partial charge in [-0.05, 0) is 29.2 Å². The third-order valence-electron chi connectivity index (χ3n) is 3.83. The molecule has 0 aromatic heterocycles. The predicted octanol–water partition coefficient (Wildman–Crippen LogP) is 1.74. The molecule has 0 heterocycles. The molecule has 0 saturated heterocycles. The molecular formula is C20H25N2O3+. The summed E-state index contributed by atoms with van der Waals surface area (Å²) in [5.41, 5.74) is 8.46. The summed E-state index contributed by atoms with van der Waals surface area (Å²) in [4.78, 5) is 17.2. The third kappa shape index (κ3) is 5.08. The maximum Gasteiger partial charge on any atom is 0.387 e. The number of para-hydroxylation sites is 1. The van der Waals surface area contributed by atoms with Crippen molar-refractivity contribution in [2.45, 2.75) is 32.6 Å². The summed E-state index contributed by atoms with van der Waals surface area (Å²) in [6.45, 7) is 6.36. The molecule has 0 spiro atoms. The zero-order valence-corrected chi connectivity index (χ0v) is 15.1. The van der Waals surface area contributed by atoms with E-state index in [-0.39, 0.29) is 5.41 Å². The summed E-state index contributed by atoms with van der Waals surface area (Å²) in [5, 5.41) is 2.51. The molecule has 2 aromatic rings. The van der Waals surface area contributed by atoms with Crippen molar-refractivity contribution in [2.24, 2.45) is 5.73 Å². The average Bonchev–Trinajstić information content (AvgIpc) is 2.59. The number of nitrogens with two attached hydrogens (primary N) is 1. The average molecular weight is 341 g/mol. The predicted molar refractivity (Wildman–Crippen MR) is 97.4 cm³/mol. The Morgan fingerprint density at radius 3 is 2.32 bits per heavy atom. The van der Waals surface area contributed by atoms with Crippen LogP contribution in [0.25, 0.3) is 0 Å². The fourth-order valence-electron chi connectivity index (χ4n) is 2.37. The first-order valence-corrected chi connectivity index (χ1v) is 8.12. The quantitative estimate of drug-likeness (QED) is 0.376. The molecule has 132 valence electrons. The van der Waals surface area contributed by atoms with Gasteiger partial charge in [-0.3, -0.25) is 10.6 Å². The molecule has 0 bridgehead atoms. The lowest BCUT2D eigenvalue weighted by Gasteiger charge is -2.18. The van der Waals surface area contributed by atoms with Crippen LogP contribution in [0, 0.1) is 0 Å². The highest BCUT2D eigenvalue weighted by Crippen LogP contribution is 2.22. The Morgan fingerprint density at radius 1 is 1.08 bits per heavy atom. The van der Waals surface area contributed by atoms with Crippen molar-refractivity contribution in [1.29, 1.82) is 0 Å². The molecule has 0 aliphatic rings. The van der Waals surface area contributed by atoms with Crippen LogP contribution >= 0.6 is 0 Å². The third-order valence-corrected chi connectivity index (χ3v) is 3.83. The van der Waals surface area contributed by atoms with Crippen LogP contribution in [0.3, 0.4) is 0 Å². The first-order valence-electron chi connectivity index (χ1n) is 8.12. The Hall–Kier alpha value is -2.82. The Bertz CT molecular complexity index is 759. The van der Waals surface area contributed by atoms with Crippen LogP contribution in [0.5, 0.6) is 5.75 Å². The highest BCUT2D eigenvalue weighted by molar-refractivity contribution is 5.89. The van der Waals surface area contributed by atoms with E-state index in [1.54, 1.807) is 19.2 Å². The smallest absolute Gasteiger partial charge is 0.387 e. The molecule has 3 N–H and O–H groups in total. The van der Waals surface area contributed by atoms with Gasteiger partial charge >= 0.3 is 5.97 Å². The van der Waals surface area contributed by atoms with Crippen molar-refractivity contribution in [2.75, 3.05) is 7.11 Å². The first kappa shape index (κ1) is 18.5. The summed E-state index contributed by atoms with van der Waals surface area (Å²) < 4.78 is 5.28. The van der Waals surface area contributed by atoms with Gasteiger partial charge in [0.1, 0.15) is 5.75 Å². The van der Waals surface area contributed by atoms with Gasteiger partial charge in [0, 0.05) is 5.56 Å². The van der Waals surface area contributed by atoms with E-state index in [9.17, 15) is 4.79 Å². The fraction of sp³-hybridized carbons (Fsp3) is 0.300. The van der Waals surface area contributed by atoms with Gasteiger partial charge in [0.15, 0.2) is 0 Å². The van der Waals surface area contributed by atoms with Gasteiger partial charge in [-0.15, -0.1) is 0 Å². The fourth-order valence-corrected chi connectivity index (χ4v) is 2.37. The van der Waals surface area contributed by atoms with Crippen molar-refractivity contribution in [3.8, 4) is 5.75 Å². The number of hydrogen-bond donors (Lipinski definition) is 2. The summed E-state index contributed by atoms with van der Waals surface area (Å²) in [5.74, 6) is 0.573. The molecule has 0 aliphatic carbocycles. The van der Waals surface area contributed by atoms with Crippen LogP contribution in [-0.2, 0) is 16.7 Å². The van der Waals surface area contributed by atoms with Crippen LogP contribution in [0.1, 0.15) is 42.3 Å². The van der Waals surface area contributed by atoms with Crippen molar-refractivity contribution >= 4 is 11.8 Å². The highest BCUT2D eigenvalue weighted by atomic mass is 16.7. The largest absolute Gasteiger partial charge is 0.496 e. The molecule has 0 radical (unpaired) electrons. The maximum absolute atomic E-state index is 12.1. The second-order valence-electron chi connectivity index (χ2n) is 6.83. The number of ether oxygens (including phenoxy) is 1. The molecule has 0 saturated carbocycles. The van der Waals surface area contributed by atoms with Gasteiger partial charge in [-0.25, -0.2) is 4.79 Å². The van der Waals surface area contributed by atoms with Gasteiger partial charge in [-0.1, -0.05) is 56.3 Å². The minimum absolute atomic E-state index is 0.0353. The number of carbonyl (C=O) groups excluding carboxylic acids is 1. The number of benzene rings is 2. The van der Waals surface area contributed by atoms with Crippen LogP contribution in [0.2, 0.25) is 0 Å². The van der Waals surface area contributed by atoms with E-state index in [0.717, 1.165) is 16.9 Å². The van der Waals surface area contributed by atoms with Gasteiger partial charge < -0.3 is 4.74 Å². The Morgan fingerprint density at radius 2 is 1.72 bits per heavy atom. The van der Waals surface area contributed by atoms with E-state index in [1.807, 2.05) is 36.4 Å². The van der Waals surface area contributed by atoms with Crippen LogP contribution in [-0.4, -0.2) is 18.9 Å². The maximum atomic E-state index is 12.1. The lowest BCUT2D eigenvalue weighted by molar-refractivity contribution is -0.722. The van der Waals surface area contributed by atoms with Gasteiger partial charge in [0.25, 0.3) is 5.84 Å². The van der Waals surface area contributed by atoms with Crippen LogP contribution < -0.4 is 15.6 Å². The van der Waals surface area contributed by atoms with Crippen molar-refractivity contribution in [3.05, 3.63) is 65.2 Å². The molecule has 5 heteroatoms. The van der Waals surface area contributed by atoms with Gasteiger partial charge in [-0.2, -0.15) is 0 Å². The van der Waals surface area contributed by atoms with Gasteiger partial charge in [0.05, 0.1) is 19.1 Å². The number of rotatable bonds is 5. The zero-order valence-electron chi connectivity index (χ0n) is 15.1. The monoisotopic (exact) mass is 341 g/mol. The zero-order chi connectivity index (χ0) is 18.4. The molecule has 0 atom stereocenters. The van der Waals surface area contributed by atoms with Crippen LogP contribution in [0.4, 0.5) is 0 Å². The summed E-state index contributed by atoms with van der Waals surface area (Å²) >= 11 is 0. The molecule has 2 rings (SSSR count). The lowest BCUT2D eigenvalue weighted by Crippen LogP contribution is -2.75. The molecule has 0 aliphatic heterocycles. The topological polar surface area (TPSA) is 75.5 Å². The molecule has 2 aromatic carbocycles. The summed E-state index contributed by atoms with van der Waals surface area (Å²) in [7, 11) is 1.60. The summed E-state index contributed by atoms with van der Waals surface area (Å²) in [6, 6.07) is 14.9. The second-order valence-corrected chi connectivity index (χ2v) is 6.83. The SMILES string of the molecule is COc1ccccc1CC(N)=[NH+]OC(=O)c1ccc(C(C)(C)C)cc1. The molecule has 25 heavy (non-hydrogen) atoms. The Labute approximate surface area is 148 Å². The lowest BCUT2D eigenvalue weighted by atomic mass is 9.87. The van der Waals surface area contributed by atoms with Crippen molar-refractivity contribution in [1.82, 2.24) is 0 Å². The molecular weight excluding hydrogens is 316 g/mol. The summed E-state index contributed by atoms with van der Waals surface area (Å²) in [6.07, 6.45) is 0.389. The minimum atomic E-state index is -0.483. The number of methoxy groups -OCH3 is 1. The minimum Gasteiger partial charge on any atom is -0.496 e. The molecule has 0 fully saturated rings. The Balaban J connectivity index is 2.01. The molecule has 0 unspecified atom stereocenters. The van der Waals surface area contributed by atoms with E-state index in [4.69, 9.17) is 15.3 Å². The normalized spacial score (nSPS) is 11.9. The van der Waals surface area contributed by atoms with Crippen LogP contribution in [0.15, 0.2) is 48.5 Å². The van der Waals surface area contributed by atoms with E-state index in [1.165, 1.54) is 0 Å². The van der Waals surface area contributed by atoms with Gasteiger partial charge in [0.2, 0.25) is 0 Å². The first-order chi connectivity index (χ1) is 11.8. The molecule has 0 amide bonds. The van der Waals surface area contributed by atoms with E-state index in [0.29, 0.717) is 17.8 Å².